The Bertz CT molecular complexity index is 1070. The van der Waals surface area contributed by atoms with E-state index in [1.54, 1.807) is 44.3 Å². The fraction of sp³-hybridized carbons (Fsp3) is 0.458. The SMILES string of the molecule is CC(C)Nc1cc(CN2C(=O)N(c3ccc(C4(C)CC4(F)F)cc3)C(=O)C2(C)C)ccn1. The molecule has 0 bridgehead atoms. The van der Waals surface area contributed by atoms with Gasteiger partial charge in [0.1, 0.15) is 11.4 Å². The third-order valence-electron chi connectivity index (χ3n) is 6.45. The third-order valence-corrected chi connectivity index (χ3v) is 6.45. The van der Waals surface area contributed by atoms with Crippen LogP contribution in [0.5, 0.6) is 0 Å². The number of nitrogens with zero attached hydrogens (tertiary/aromatic N) is 3. The monoisotopic (exact) mass is 442 g/mol. The molecule has 170 valence electrons. The number of aromatic nitrogens is 1. The Kier molecular flexibility index (Phi) is 5.02. The topological polar surface area (TPSA) is 65.5 Å². The van der Waals surface area contributed by atoms with Crippen LogP contribution >= 0.6 is 0 Å². The third kappa shape index (κ3) is 3.51. The van der Waals surface area contributed by atoms with E-state index in [0.717, 1.165) is 10.5 Å². The van der Waals surface area contributed by atoms with Crippen molar-refractivity contribution >= 4 is 23.4 Å². The van der Waals surface area contributed by atoms with Gasteiger partial charge in [0.25, 0.3) is 11.8 Å². The zero-order chi connectivity index (χ0) is 23.5. The molecule has 1 unspecified atom stereocenters. The van der Waals surface area contributed by atoms with Crippen molar-refractivity contribution in [3.63, 3.8) is 0 Å². The molecule has 8 heteroatoms. The Labute approximate surface area is 186 Å². The number of halogens is 2. The predicted molar refractivity (Wildman–Crippen MR) is 119 cm³/mol. The molecule has 0 spiro atoms. The summed E-state index contributed by atoms with van der Waals surface area (Å²) in [6.07, 6.45) is 1.47. The molecule has 2 aliphatic rings. The zero-order valence-corrected chi connectivity index (χ0v) is 18.9. The minimum Gasteiger partial charge on any atom is -0.368 e. The van der Waals surface area contributed by atoms with Gasteiger partial charge in [0.05, 0.1) is 11.1 Å². The molecule has 1 aliphatic carbocycles. The molecule has 1 aromatic heterocycles. The van der Waals surface area contributed by atoms with Gasteiger partial charge in [0, 0.05) is 25.2 Å². The Morgan fingerprint density at radius 3 is 2.28 bits per heavy atom. The number of rotatable bonds is 6. The van der Waals surface area contributed by atoms with Crippen LogP contribution in [0.15, 0.2) is 42.6 Å². The van der Waals surface area contributed by atoms with E-state index in [0.29, 0.717) is 17.1 Å². The molecule has 32 heavy (non-hydrogen) atoms. The Morgan fingerprint density at radius 1 is 1.09 bits per heavy atom. The normalized spacial score (nSPS) is 23.8. The lowest BCUT2D eigenvalue weighted by Gasteiger charge is -2.27. The Morgan fingerprint density at radius 2 is 1.72 bits per heavy atom. The minimum atomic E-state index is -2.72. The van der Waals surface area contributed by atoms with E-state index in [1.165, 1.54) is 11.8 Å². The lowest BCUT2D eigenvalue weighted by atomic mass is 9.97. The number of pyridine rings is 1. The van der Waals surface area contributed by atoms with E-state index < -0.39 is 22.9 Å². The molecule has 6 nitrogen and oxygen atoms in total. The van der Waals surface area contributed by atoms with Crippen LogP contribution in [0, 0.1) is 0 Å². The second-order valence-corrected chi connectivity index (χ2v) is 9.68. The van der Waals surface area contributed by atoms with Crippen LogP contribution in [0.25, 0.3) is 0 Å². The maximum absolute atomic E-state index is 13.7. The molecule has 2 fully saturated rings. The summed E-state index contributed by atoms with van der Waals surface area (Å²) < 4.78 is 27.4. The van der Waals surface area contributed by atoms with Gasteiger partial charge in [-0.2, -0.15) is 0 Å². The molecular weight excluding hydrogens is 414 g/mol. The van der Waals surface area contributed by atoms with Gasteiger partial charge < -0.3 is 10.2 Å². The summed E-state index contributed by atoms with van der Waals surface area (Å²) in [5.41, 5.74) is -0.510. The average Bonchev–Trinajstić information content (AvgIpc) is 3.18. The van der Waals surface area contributed by atoms with Gasteiger partial charge >= 0.3 is 6.03 Å². The van der Waals surface area contributed by atoms with Gasteiger partial charge in [0.2, 0.25) is 0 Å². The maximum Gasteiger partial charge on any atom is 0.332 e. The molecule has 1 saturated carbocycles. The van der Waals surface area contributed by atoms with Crippen molar-refractivity contribution in [3.8, 4) is 0 Å². The Balaban J connectivity index is 1.58. The number of anilines is 2. The van der Waals surface area contributed by atoms with Gasteiger partial charge in [0.15, 0.2) is 0 Å². The molecule has 2 aromatic rings. The second kappa shape index (κ2) is 7.25. The van der Waals surface area contributed by atoms with Crippen LogP contribution in [-0.2, 0) is 16.8 Å². The molecule has 1 aliphatic heterocycles. The molecular formula is C24H28F2N4O2. The summed E-state index contributed by atoms with van der Waals surface area (Å²) in [4.78, 5) is 33.4. The lowest BCUT2D eigenvalue weighted by Crippen LogP contribution is -2.43. The largest absolute Gasteiger partial charge is 0.368 e. The molecule has 4 rings (SSSR count). The van der Waals surface area contributed by atoms with Crippen LogP contribution < -0.4 is 10.2 Å². The summed E-state index contributed by atoms with van der Waals surface area (Å²) in [5, 5.41) is 3.23. The average molecular weight is 443 g/mol. The summed E-state index contributed by atoms with van der Waals surface area (Å²) in [5.74, 6) is -2.38. The van der Waals surface area contributed by atoms with E-state index in [2.05, 4.69) is 10.3 Å². The minimum absolute atomic E-state index is 0.193. The number of urea groups is 1. The first-order chi connectivity index (χ1) is 14.9. The summed E-state index contributed by atoms with van der Waals surface area (Å²) in [6.45, 7) is 9.20. The van der Waals surface area contributed by atoms with Gasteiger partial charge in [-0.05, 0) is 70.0 Å². The number of alkyl halides is 2. The van der Waals surface area contributed by atoms with E-state index in [4.69, 9.17) is 0 Å². The zero-order valence-electron chi connectivity index (χ0n) is 18.9. The maximum atomic E-state index is 13.7. The first-order valence-corrected chi connectivity index (χ1v) is 10.7. The van der Waals surface area contributed by atoms with Gasteiger partial charge in [-0.15, -0.1) is 0 Å². The lowest BCUT2D eigenvalue weighted by molar-refractivity contribution is -0.123. The fourth-order valence-electron chi connectivity index (χ4n) is 4.15. The summed E-state index contributed by atoms with van der Waals surface area (Å²) in [6, 6.07) is 9.75. The molecule has 1 N–H and O–H groups in total. The van der Waals surface area contributed by atoms with Gasteiger partial charge in [-0.25, -0.2) is 23.5 Å². The Hall–Kier alpha value is -3.03. The van der Waals surface area contributed by atoms with Crippen molar-refractivity contribution in [2.45, 2.75) is 70.5 Å². The number of amides is 3. The van der Waals surface area contributed by atoms with Crippen molar-refractivity contribution in [2.75, 3.05) is 10.2 Å². The van der Waals surface area contributed by atoms with Crippen molar-refractivity contribution < 1.29 is 18.4 Å². The number of carbonyl (C=O) groups is 2. The van der Waals surface area contributed by atoms with Crippen LogP contribution in [0.3, 0.4) is 0 Å². The van der Waals surface area contributed by atoms with Crippen LogP contribution in [0.4, 0.5) is 25.1 Å². The van der Waals surface area contributed by atoms with Crippen LogP contribution in [0.1, 0.15) is 52.2 Å². The van der Waals surface area contributed by atoms with Gasteiger partial charge in [-0.1, -0.05) is 12.1 Å². The van der Waals surface area contributed by atoms with E-state index in [-0.39, 0.29) is 24.9 Å². The summed E-state index contributed by atoms with van der Waals surface area (Å²) >= 11 is 0. The molecule has 2 heterocycles. The number of imide groups is 1. The fourth-order valence-corrected chi connectivity index (χ4v) is 4.15. The van der Waals surface area contributed by atoms with E-state index >= 15 is 0 Å². The van der Waals surface area contributed by atoms with E-state index in [1.807, 2.05) is 26.0 Å². The van der Waals surface area contributed by atoms with Crippen molar-refractivity contribution in [1.29, 1.82) is 0 Å². The smallest absolute Gasteiger partial charge is 0.332 e. The standard InChI is InChI=1S/C24H28F2N4O2/c1-15(2)28-19-12-16(10-11-27-19)13-29-21(32)30(20(31)22(29,3)4)18-8-6-17(7-9-18)23(5)14-24(23,25)26/h6-12,15H,13-14H2,1-5H3,(H,27,28). The first-order valence-electron chi connectivity index (χ1n) is 10.7. The van der Waals surface area contributed by atoms with Crippen molar-refractivity contribution in [1.82, 2.24) is 9.88 Å². The van der Waals surface area contributed by atoms with Crippen LogP contribution in [-0.4, -0.2) is 39.3 Å². The summed E-state index contributed by atoms with van der Waals surface area (Å²) in [7, 11) is 0. The van der Waals surface area contributed by atoms with Gasteiger partial charge in [-0.3, -0.25) is 4.79 Å². The number of benzene rings is 1. The number of carbonyl (C=O) groups excluding carboxylic acids is 2. The van der Waals surface area contributed by atoms with Crippen molar-refractivity contribution in [2.24, 2.45) is 0 Å². The number of hydrogen-bond donors (Lipinski definition) is 1. The molecule has 1 aromatic carbocycles. The molecule has 0 radical (unpaired) electrons. The van der Waals surface area contributed by atoms with Crippen molar-refractivity contribution in [3.05, 3.63) is 53.7 Å². The highest BCUT2D eigenvalue weighted by Gasteiger charge is 2.68. The molecule has 3 amide bonds. The number of hydrogen-bond acceptors (Lipinski definition) is 4. The highest BCUT2D eigenvalue weighted by atomic mass is 19.3. The highest BCUT2D eigenvalue weighted by molar-refractivity contribution is 6.22. The second-order valence-electron chi connectivity index (χ2n) is 9.68. The highest BCUT2D eigenvalue weighted by Crippen LogP contribution is 2.61. The van der Waals surface area contributed by atoms with Crippen LogP contribution in [0.2, 0.25) is 0 Å². The molecule has 1 atom stereocenters. The number of nitrogens with one attached hydrogen (secondary N) is 1. The quantitative estimate of drug-likeness (QED) is 0.643. The molecule has 1 saturated heterocycles. The van der Waals surface area contributed by atoms with E-state index in [9.17, 15) is 18.4 Å². The predicted octanol–water partition coefficient (Wildman–Crippen LogP) is 4.95. The first kappa shape index (κ1) is 22.2.